The van der Waals surface area contributed by atoms with Crippen molar-refractivity contribution in [2.75, 3.05) is 11.9 Å². The molecule has 0 saturated heterocycles. The molecule has 0 aliphatic carbocycles. The monoisotopic (exact) mass is 351 g/mol. The first-order valence-corrected chi connectivity index (χ1v) is 7.20. The number of halogens is 2. The van der Waals surface area contributed by atoms with E-state index in [4.69, 9.17) is 4.74 Å². The number of hydrogen-bond acceptors (Lipinski definition) is 2. The summed E-state index contributed by atoms with van der Waals surface area (Å²) in [5, 5.41) is 2.79. The molecule has 0 aliphatic heterocycles. The van der Waals surface area contributed by atoms with Crippen LogP contribution in [0.1, 0.15) is 11.1 Å². The van der Waals surface area contributed by atoms with Gasteiger partial charge < -0.3 is 10.1 Å². The van der Waals surface area contributed by atoms with Crippen molar-refractivity contribution >= 4 is 27.5 Å². The van der Waals surface area contributed by atoms with Crippen molar-refractivity contribution in [2.24, 2.45) is 0 Å². The summed E-state index contributed by atoms with van der Waals surface area (Å²) in [4.78, 5) is 11.9. The fourth-order valence-corrected chi connectivity index (χ4v) is 2.34. The first kappa shape index (κ1) is 15.5. The smallest absolute Gasteiger partial charge is 0.262 e. The maximum atomic E-state index is 12.9. The topological polar surface area (TPSA) is 38.3 Å². The summed E-state index contributed by atoms with van der Waals surface area (Å²) >= 11 is 3.19. The molecule has 1 amide bonds. The van der Waals surface area contributed by atoms with Crippen LogP contribution in [0.5, 0.6) is 5.75 Å². The lowest BCUT2D eigenvalue weighted by Gasteiger charge is -2.11. The van der Waals surface area contributed by atoms with Gasteiger partial charge in [0.25, 0.3) is 5.91 Å². The van der Waals surface area contributed by atoms with E-state index in [1.807, 2.05) is 32.0 Å². The van der Waals surface area contributed by atoms with E-state index in [-0.39, 0.29) is 18.3 Å². The predicted octanol–water partition coefficient (Wildman–Crippen LogP) is 4.22. The third-order valence-electron chi connectivity index (χ3n) is 2.91. The molecule has 0 bridgehead atoms. The highest BCUT2D eigenvalue weighted by molar-refractivity contribution is 9.10. The molecule has 0 atom stereocenters. The number of benzene rings is 2. The Morgan fingerprint density at radius 2 is 2.00 bits per heavy atom. The van der Waals surface area contributed by atoms with Gasteiger partial charge >= 0.3 is 0 Å². The van der Waals surface area contributed by atoms with Crippen LogP contribution in [0.4, 0.5) is 10.1 Å². The van der Waals surface area contributed by atoms with Crippen molar-refractivity contribution in [3.63, 3.8) is 0 Å². The summed E-state index contributed by atoms with van der Waals surface area (Å²) < 4.78 is 18.8. The van der Waals surface area contributed by atoms with E-state index in [1.54, 1.807) is 0 Å². The summed E-state index contributed by atoms with van der Waals surface area (Å²) in [6, 6.07) is 9.83. The van der Waals surface area contributed by atoms with Gasteiger partial charge in [0.05, 0.1) is 4.47 Å². The molecule has 110 valence electrons. The van der Waals surface area contributed by atoms with Gasteiger partial charge in [-0.05, 0) is 59.6 Å². The number of carbonyl (C=O) groups is 1. The van der Waals surface area contributed by atoms with E-state index in [1.165, 1.54) is 18.2 Å². The van der Waals surface area contributed by atoms with Gasteiger partial charge in [0.2, 0.25) is 0 Å². The van der Waals surface area contributed by atoms with Gasteiger partial charge in [-0.3, -0.25) is 4.79 Å². The Kier molecular flexibility index (Phi) is 4.96. The van der Waals surface area contributed by atoms with Crippen LogP contribution in [0.3, 0.4) is 0 Å². The molecule has 2 aromatic rings. The fourth-order valence-electron chi connectivity index (χ4n) is 1.88. The fraction of sp³-hybridized carbons (Fsp3) is 0.188. The molecule has 0 radical (unpaired) electrons. The normalized spacial score (nSPS) is 10.3. The second-order valence-electron chi connectivity index (χ2n) is 4.73. The van der Waals surface area contributed by atoms with Crippen LogP contribution < -0.4 is 10.1 Å². The van der Waals surface area contributed by atoms with Gasteiger partial charge in [-0.25, -0.2) is 4.39 Å². The summed E-state index contributed by atoms with van der Waals surface area (Å²) in [6.07, 6.45) is 0. The van der Waals surface area contributed by atoms with Gasteiger partial charge in [-0.2, -0.15) is 0 Å². The number of nitrogens with one attached hydrogen (secondary N) is 1. The Balaban J connectivity index is 1.96. The molecule has 2 aromatic carbocycles. The Morgan fingerprint density at radius 3 is 2.67 bits per heavy atom. The first-order chi connectivity index (χ1) is 9.95. The number of hydrogen-bond donors (Lipinski definition) is 1. The highest BCUT2D eigenvalue weighted by atomic mass is 79.9. The zero-order valence-corrected chi connectivity index (χ0v) is 13.3. The van der Waals surface area contributed by atoms with Crippen LogP contribution in [-0.2, 0) is 4.79 Å². The number of carbonyl (C=O) groups excluding carboxylic acids is 1. The van der Waals surface area contributed by atoms with E-state index in [0.717, 1.165) is 16.8 Å². The molecule has 0 heterocycles. The number of rotatable bonds is 4. The van der Waals surface area contributed by atoms with Crippen LogP contribution in [0.25, 0.3) is 0 Å². The lowest BCUT2D eigenvalue weighted by molar-refractivity contribution is -0.118. The maximum absolute atomic E-state index is 12.9. The molecule has 0 saturated carbocycles. The van der Waals surface area contributed by atoms with Gasteiger partial charge in [0.1, 0.15) is 11.6 Å². The minimum atomic E-state index is -0.367. The van der Waals surface area contributed by atoms with E-state index in [9.17, 15) is 9.18 Å². The number of ether oxygens (including phenoxy) is 1. The molecular weight excluding hydrogens is 337 g/mol. The van der Waals surface area contributed by atoms with Gasteiger partial charge in [-0.1, -0.05) is 17.7 Å². The molecule has 2 rings (SSSR count). The third kappa shape index (κ3) is 4.29. The highest BCUT2D eigenvalue weighted by Gasteiger charge is 2.08. The van der Waals surface area contributed by atoms with Gasteiger partial charge in [0.15, 0.2) is 6.61 Å². The van der Waals surface area contributed by atoms with Crippen LogP contribution in [-0.4, -0.2) is 12.5 Å². The van der Waals surface area contributed by atoms with Crippen LogP contribution in [0, 0.1) is 19.7 Å². The number of anilines is 1. The van der Waals surface area contributed by atoms with E-state index < -0.39 is 0 Å². The molecule has 0 aromatic heterocycles. The van der Waals surface area contributed by atoms with Crippen LogP contribution >= 0.6 is 15.9 Å². The zero-order chi connectivity index (χ0) is 15.4. The Morgan fingerprint density at radius 1 is 1.24 bits per heavy atom. The van der Waals surface area contributed by atoms with Gasteiger partial charge in [-0.15, -0.1) is 0 Å². The van der Waals surface area contributed by atoms with Crippen molar-refractivity contribution in [3.05, 3.63) is 57.8 Å². The molecule has 3 nitrogen and oxygen atoms in total. The zero-order valence-electron chi connectivity index (χ0n) is 11.7. The van der Waals surface area contributed by atoms with Crippen molar-refractivity contribution in [3.8, 4) is 5.75 Å². The van der Waals surface area contributed by atoms with E-state index >= 15 is 0 Å². The molecule has 0 fully saturated rings. The average molecular weight is 352 g/mol. The summed E-state index contributed by atoms with van der Waals surface area (Å²) in [5.41, 5.74) is 2.88. The minimum Gasteiger partial charge on any atom is -0.483 e. The molecular formula is C16H15BrFNO2. The van der Waals surface area contributed by atoms with Crippen molar-refractivity contribution in [2.45, 2.75) is 13.8 Å². The Labute approximate surface area is 131 Å². The standard InChI is InChI=1S/C16H15BrFNO2/c1-10-3-5-14(11(2)7-10)19-16(20)9-21-15-6-4-12(18)8-13(15)17/h3-8H,9H2,1-2H3,(H,19,20). The molecule has 21 heavy (non-hydrogen) atoms. The third-order valence-corrected chi connectivity index (χ3v) is 3.53. The Bertz CT molecular complexity index is 673. The van der Waals surface area contributed by atoms with Gasteiger partial charge in [0, 0.05) is 5.69 Å². The molecule has 0 unspecified atom stereocenters. The number of aryl methyl sites for hydroxylation is 2. The van der Waals surface area contributed by atoms with Crippen molar-refractivity contribution in [1.82, 2.24) is 0 Å². The quantitative estimate of drug-likeness (QED) is 0.895. The summed E-state index contributed by atoms with van der Waals surface area (Å²) in [6.45, 7) is 3.78. The second kappa shape index (κ2) is 6.72. The van der Waals surface area contributed by atoms with E-state index in [0.29, 0.717) is 10.2 Å². The molecule has 0 aliphatic rings. The van der Waals surface area contributed by atoms with Crippen LogP contribution in [0.15, 0.2) is 40.9 Å². The SMILES string of the molecule is Cc1ccc(NC(=O)COc2ccc(F)cc2Br)c(C)c1. The predicted molar refractivity (Wildman–Crippen MR) is 84.1 cm³/mol. The summed E-state index contributed by atoms with van der Waals surface area (Å²) in [5.74, 6) is -0.209. The van der Waals surface area contributed by atoms with Crippen molar-refractivity contribution in [1.29, 1.82) is 0 Å². The van der Waals surface area contributed by atoms with E-state index in [2.05, 4.69) is 21.2 Å². The van der Waals surface area contributed by atoms with Crippen molar-refractivity contribution < 1.29 is 13.9 Å². The molecule has 0 spiro atoms. The highest BCUT2D eigenvalue weighted by Crippen LogP contribution is 2.25. The molecule has 5 heteroatoms. The summed E-state index contributed by atoms with van der Waals surface area (Å²) in [7, 11) is 0. The largest absolute Gasteiger partial charge is 0.483 e. The lowest BCUT2D eigenvalue weighted by Crippen LogP contribution is -2.20. The first-order valence-electron chi connectivity index (χ1n) is 6.40. The second-order valence-corrected chi connectivity index (χ2v) is 5.58. The van der Waals surface area contributed by atoms with Crippen LogP contribution in [0.2, 0.25) is 0 Å². The maximum Gasteiger partial charge on any atom is 0.262 e. The Hall–Kier alpha value is -1.88. The minimum absolute atomic E-state index is 0.141. The lowest BCUT2D eigenvalue weighted by atomic mass is 10.1. The molecule has 1 N–H and O–H groups in total. The number of amides is 1. The average Bonchev–Trinajstić information content (AvgIpc) is 2.41.